The molecule has 0 amide bonds. The molecule has 250 valence electrons. The van der Waals surface area contributed by atoms with E-state index in [1.807, 2.05) is 6.07 Å². The minimum atomic E-state index is 0.884. The van der Waals surface area contributed by atoms with Gasteiger partial charge in [-0.15, -0.1) is 0 Å². The Labute approximate surface area is 311 Å². The van der Waals surface area contributed by atoms with Gasteiger partial charge in [-0.3, -0.25) is 0 Å². The summed E-state index contributed by atoms with van der Waals surface area (Å²) in [5.41, 5.74) is 7.44. The highest BCUT2D eigenvalue weighted by Crippen LogP contribution is 2.50. The van der Waals surface area contributed by atoms with Crippen molar-refractivity contribution >= 4 is 104 Å². The molecule has 0 aliphatic heterocycles. The summed E-state index contributed by atoms with van der Waals surface area (Å²) < 4.78 is 6.34. The molecule has 0 N–H and O–H groups in total. The first-order valence-corrected chi connectivity index (χ1v) is 18.6. The molecule has 1 aromatic heterocycles. The number of fused-ring (bicyclic) bond motifs is 5. The standard InChI is InChI=1S/C52H31NO/c1-2-12-32(13-3-1)37-17-4-6-24-45(37)53(36-28-29-48-44(31-36)38-18-5-7-25-47(38)54-48)46-30-35-16-10-21-40-39-19-8-14-33-26-27-34-15-9-20-41(50(34)49(33)39)42-22-11-23-43(46)52(42)51(35)40/h1-31H. The van der Waals surface area contributed by atoms with E-state index in [2.05, 4.69) is 187 Å². The highest BCUT2D eigenvalue weighted by atomic mass is 16.3. The Morgan fingerprint density at radius 2 is 0.870 bits per heavy atom. The molecule has 0 saturated heterocycles. The summed E-state index contributed by atoms with van der Waals surface area (Å²) in [6.45, 7) is 0. The molecule has 12 aromatic rings. The summed E-state index contributed by atoms with van der Waals surface area (Å²) in [6, 6.07) is 68.8. The van der Waals surface area contributed by atoms with E-state index in [-0.39, 0.29) is 0 Å². The normalized spacial score (nSPS) is 12.1. The monoisotopic (exact) mass is 685 g/mol. The Balaban J connectivity index is 1.28. The summed E-state index contributed by atoms with van der Waals surface area (Å²) >= 11 is 0. The van der Waals surface area contributed by atoms with Crippen LogP contribution >= 0.6 is 0 Å². The third-order valence-electron chi connectivity index (χ3n) is 11.5. The number of anilines is 3. The van der Waals surface area contributed by atoms with E-state index in [1.165, 1.54) is 75.8 Å². The number of furan rings is 1. The molecular weight excluding hydrogens is 655 g/mol. The van der Waals surface area contributed by atoms with Crippen molar-refractivity contribution in [2.45, 2.75) is 0 Å². The number of hydrogen-bond donors (Lipinski definition) is 0. The van der Waals surface area contributed by atoms with Crippen LogP contribution in [0, 0.1) is 0 Å². The van der Waals surface area contributed by atoms with Crippen molar-refractivity contribution in [2.24, 2.45) is 0 Å². The molecule has 12 rings (SSSR count). The zero-order valence-electron chi connectivity index (χ0n) is 29.3. The van der Waals surface area contributed by atoms with Crippen molar-refractivity contribution in [2.75, 3.05) is 4.90 Å². The van der Waals surface area contributed by atoms with E-state index >= 15 is 0 Å². The van der Waals surface area contributed by atoms with E-state index in [4.69, 9.17) is 4.42 Å². The van der Waals surface area contributed by atoms with Crippen molar-refractivity contribution in [1.82, 2.24) is 0 Å². The first-order valence-electron chi connectivity index (χ1n) is 18.6. The van der Waals surface area contributed by atoms with Gasteiger partial charge in [0.2, 0.25) is 0 Å². The van der Waals surface area contributed by atoms with E-state index in [1.54, 1.807) is 0 Å². The Morgan fingerprint density at radius 1 is 0.315 bits per heavy atom. The second-order valence-electron chi connectivity index (χ2n) is 14.4. The Bertz CT molecular complexity index is 3450. The predicted molar refractivity (Wildman–Crippen MR) is 230 cm³/mol. The summed E-state index contributed by atoms with van der Waals surface area (Å²) in [6.07, 6.45) is 0. The lowest BCUT2D eigenvalue weighted by molar-refractivity contribution is 0.669. The maximum absolute atomic E-state index is 6.34. The molecule has 54 heavy (non-hydrogen) atoms. The zero-order valence-corrected chi connectivity index (χ0v) is 29.3. The largest absolute Gasteiger partial charge is 0.456 e. The Kier molecular flexibility index (Phi) is 6.09. The predicted octanol–water partition coefficient (Wildman–Crippen LogP) is 15.1. The summed E-state index contributed by atoms with van der Waals surface area (Å²) in [5.74, 6) is 0. The third-order valence-corrected chi connectivity index (χ3v) is 11.5. The molecule has 0 radical (unpaired) electrons. The van der Waals surface area contributed by atoms with Crippen LogP contribution in [0.25, 0.3) is 97.7 Å². The second-order valence-corrected chi connectivity index (χ2v) is 14.4. The van der Waals surface area contributed by atoms with Gasteiger partial charge >= 0.3 is 0 Å². The van der Waals surface area contributed by atoms with Crippen molar-refractivity contribution in [3.05, 3.63) is 188 Å². The summed E-state index contributed by atoms with van der Waals surface area (Å²) in [5, 5.41) is 17.4. The minimum absolute atomic E-state index is 0.884. The van der Waals surface area contributed by atoms with Gasteiger partial charge in [0, 0.05) is 32.8 Å². The van der Waals surface area contributed by atoms with Crippen LogP contribution in [-0.2, 0) is 0 Å². The lowest BCUT2D eigenvalue weighted by atomic mass is 9.87. The average molecular weight is 686 g/mol. The van der Waals surface area contributed by atoms with Gasteiger partial charge < -0.3 is 9.32 Å². The van der Waals surface area contributed by atoms with Crippen molar-refractivity contribution in [3.8, 4) is 11.1 Å². The fourth-order valence-electron chi connectivity index (χ4n) is 9.26. The van der Waals surface area contributed by atoms with Crippen molar-refractivity contribution in [1.29, 1.82) is 0 Å². The van der Waals surface area contributed by atoms with Gasteiger partial charge in [-0.2, -0.15) is 0 Å². The van der Waals surface area contributed by atoms with Crippen LogP contribution in [-0.4, -0.2) is 0 Å². The average Bonchev–Trinajstić information content (AvgIpc) is 3.61. The zero-order chi connectivity index (χ0) is 35.3. The van der Waals surface area contributed by atoms with Gasteiger partial charge in [0.1, 0.15) is 11.2 Å². The lowest BCUT2D eigenvalue weighted by Gasteiger charge is -2.30. The molecule has 11 aromatic carbocycles. The van der Waals surface area contributed by atoms with Gasteiger partial charge in [0.25, 0.3) is 0 Å². The first kappa shape index (κ1) is 29.4. The summed E-state index contributed by atoms with van der Waals surface area (Å²) in [7, 11) is 0. The molecule has 0 aliphatic carbocycles. The van der Waals surface area contributed by atoms with Crippen LogP contribution in [0.15, 0.2) is 192 Å². The fourth-order valence-corrected chi connectivity index (χ4v) is 9.26. The molecule has 2 nitrogen and oxygen atoms in total. The van der Waals surface area contributed by atoms with Gasteiger partial charge in [0.15, 0.2) is 0 Å². The SMILES string of the molecule is c1ccc(-c2ccccc2N(c2ccc3oc4ccccc4c3c2)c2cc3cccc4c5cccc6ccc7cccc(c8cccc2c8c34)c7c65)cc1. The quantitative estimate of drug-likeness (QED) is 0.172. The Hall–Kier alpha value is -7.16. The topological polar surface area (TPSA) is 16.4 Å². The van der Waals surface area contributed by atoms with Crippen LogP contribution in [0.5, 0.6) is 0 Å². The molecule has 0 aliphatic rings. The molecule has 0 bridgehead atoms. The number of rotatable bonds is 4. The smallest absolute Gasteiger partial charge is 0.135 e. The maximum Gasteiger partial charge on any atom is 0.135 e. The third kappa shape index (κ3) is 4.11. The molecule has 0 fully saturated rings. The summed E-state index contributed by atoms with van der Waals surface area (Å²) in [4.78, 5) is 2.47. The molecule has 2 heteroatoms. The number of para-hydroxylation sites is 2. The molecular formula is C52H31NO. The number of hydrogen-bond acceptors (Lipinski definition) is 2. The maximum atomic E-state index is 6.34. The lowest BCUT2D eigenvalue weighted by Crippen LogP contribution is -2.12. The van der Waals surface area contributed by atoms with Crippen LogP contribution < -0.4 is 4.90 Å². The van der Waals surface area contributed by atoms with Crippen molar-refractivity contribution in [3.63, 3.8) is 0 Å². The number of nitrogens with zero attached hydrogens (tertiary/aromatic N) is 1. The first-order chi connectivity index (χ1) is 26.8. The number of benzene rings is 10. The van der Waals surface area contributed by atoms with E-state index in [0.717, 1.165) is 39.0 Å². The fraction of sp³-hybridized carbons (Fsp3) is 0. The van der Waals surface area contributed by atoms with Gasteiger partial charge in [-0.05, 0) is 95.8 Å². The second kappa shape index (κ2) is 11.2. The van der Waals surface area contributed by atoms with E-state index < -0.39 is 0 Å². The van der Waals surface area contributed by atoms with Crippen LogP contribution in [0.1, 0.15) is 0 Å². The van der Waals surface area contributed by atoms with Gasteiger partial charge in [-0.1, -0.05) is 152 Å². The molecule has 0 atom stereocenters. The highest BCUT2D eigenvalue weighted by Gasteiger charge is 2.24. The van der Waals surface area contributed by atoms with E-state index in [9.17, 15) is 0 Å². The van der Waals surface area contributed by atoms with Crippen LogP contribution in [0.3, 0.4) is 0 Å². The Morgan fingerprint density at radius 3 is 1.63 bits per heavy atom. The highest BCUT2D eigenvalue weighted by molar-refractivity contribution is 6.38. The van der Waals surface area contributed by atoms with Crippen LogP contribution in [0.4, 0.5) is 17.1 Å². The molecule has 0 unspecified atom stereocenters. The van der Waals surface area contributed by atoms with Gasteiger partial charge in [0.05, 0.1) is 11.4 Å². The van der Waals surface area contributed by atoms with Gasteiger partial charge in [-0.25, -0.2) is 0 Å². The molecule has 0 saturated carbocycles. The molecule has 0 spiro atoms. The molecule has 1 heterocycles. The van der Waals surface area contributed by atoms with E-state index in [0.29, 0.717) is 0 Å². The van der Waals surface area contributed by atoms with Crippen LogP contribution in [0.2, 0.25) is 0 Å². The van der Waals surface area contributed by atoms with Crippen molar-refractivity contribution < 1.29 is 4.42 Å². The minimum Gasteiger partial charge on any atom is -0.456 e.